The van der Waals surface area contributed by atoms with Crippen LogP contribution in [0.25, 0.3) is 0 Å². The molecule has 104 valence electrons. The van der Waals surface area contributed by atoms with Gasteiger partial charge in [0.25, 0.3) is 0 Å². The fourth-order valence-corrected chi connectivity index (χ4v) is 2.46. The van der Waals surface area contributed by atoms with Crippen LogP contribution in [0.1, 0.15) is 18.1 Å². The van der Waals surface area contributed by atoms with E-state index in [1.807, 2.05) is 60.7 Å². The molecule has 0 aromatic heterocycles. The van der Waals surface area contributed by atoms with Gasteiger partial charge in [-0.25, -0.2) is 9.79 Å². The molecule has 0 unspecified atom stereocenters. The number of hydrogen-bond acceptors (Lipinski definition) is 3. The van der Waals surface area contributed by atoms with Crippen LogP contribution < -0.4 is 0 Å². The van der Waals surface area contributed by atoms with Crippen LogP contribution in [0.15, 0.2) is 77.8 Å². The Morgan fingerprint density at radius 3 is 1.86 bits per heavy atom. The largest absolute Gasteiger partial charge is 0.405 e. The molecule has 1 heterocycles. The maximum Gasteiger partial charge on any atom is 0.350 e. The molecule has 0 amide bonds. The lowest BCUT2D eigenvalue weighted by molar-refractivity contribution is -0.137. The highest BCUT2D eigenvalue weighted by Gasteiger charge is 2.49. The molecule has 1 aliphatic rings. The van der Waals surface area contributed by atoms with Crippen LogP contribution in [0.2, 0.25) is 0 Å². The molecule has 21 heavy (non-hydrogen) atoms. The fourth-order valence-electron chi connectivity index (χ4n) is 2.46. The van der Waals surface area contributed by atoms with Crippen molar-refractivity contribution in [2.24, 2.45) is 4.99 Å². The summed E-state index contributed by atoms with van der Waals surface area (Å²) in [5.41, 5.74) is 1.07. The Bertz CT molecular complexity index is 678. The van der Waals surface area contributed by atoms with Gasteiger partial charge in [0.1, 0.15) is 0 Å². The SMILES string of the molecule is C=C(C)C1=NC(c2ccccc2)(c2ccccc2)C(=O)O1. The molecule has 2 aromatic rings. The predicted molar refractivity (Wildman–Crippen MR) is 82.0 cm³/mol. The summed E-state index contributed by atoms with van der Waals surface area (Å²) < 4.78 is 5.36. The smallest absolute Gasteiger partial charge is 0.350 e. The highest BCUT2D eigenvalue weighted by molar-refractivity contribution is 6.08. The van der Waals surface area contributed by atoms with Crippen LogP contribution in [0.5, 0.6) is 0 Å². The zero-order valence-corrected chi connectivity index (χ0v) is 11.7. The van der Waals surface area contributed by atoms with Crippen molar-refractivity contribution in [3.8, 4) is 0 Å². The number of hydrogen-bond donors (Lipinski definition) is 0. The second kappa shape index (κ2) is 5.02. The monoisotopic (exact) mass is 277 g/mol. The second-order valence-corrected chi connectivity index (χ2v) is 5.03. The third-order valence-electron chi connectivity index (χ3n) is 3.50. The quantitative estimate of drug-likeness (QED) is 0.806. The predicted octanol–water partition coefficient (Wildman–Crippen LogP) is 3.46. The average Bonchev–Trinajstić information content (AvgIpc) is 2.88. The first kappa shape index (κ1) is 13.3. The first-order valence-electron chi connectivity index (χ1n) is 6.73. The van der Waals surface area contributed by atoms with E-state index in [-0.39, 0.29) is 0 Å². The minimum Gasteiger partial charge on any atom is -0.405 e. The number of carbonyl (C=O) groups is 1. The van der Waals surface area contributed by atoms with Gasteiger partial charge in [0, 0.05) is 5.57 Å². The van der Waals surface area contributed by atoms with Gasteiger partial charge >= 0.3 is 5.97 Å². The summed E-state index contributed by atoms with van der Waals surface area (Å²) in [7, 11) is 0. The van der Waals surface area contributed by atoms with Crippen molar-refractivity contribution in [1.29, 1.82) is 0 Å². The van der Waals surface area contributed by atoms with Crippen LogP contribution in [-0.2, 0) is 15.1 Å². The third-order valence-corrected chi connectivity index (χ3v) is 3.50. The lowest BCUT2D eigenvalue weighted by Crippen LogP contribution is -2.32. The van der Waals surface area contributed by atoms with E-state index < -0.39 is 11.5 Å². The van der Waals surface area contributed by atoms with Gasteiger partial charge in [-0.2, -0.15) is 0 Å². The van der Waals surface area contributed by atoms with Gasteiger partial charge < -0.3 is 4.74 Å². The summed E-state index contributed by atoms with van der Waals surface area (Å²) in [5, 5.41) is 0. The molecule has 0 saturated carbocycles. The molecule has 3 nitrogen and oxygen atoms in total. The molecule has 3 heteroatoms. The van der Waals surface area contributed by atoms with E-state index in [0.717, 1.165) is 11.1 Å². The summed E-state index contributed by atoms with van der Waals surface area (Å²) in [4.78, 5) is 17.2. The van der Waals surface area contributed by atoms with Gasteiger partial charge in [0.2, 0.25) is 11.4 Å². The molecule has 0 atom stereocenters. The van der Waals surface area contributed by atoms with Crippen molar-refractivity contribution in [3.63, 3.8) is 0 Å². The number of carbonyl (C=O) groups excluding carboxylic acids is 1. The Balaban J connectivity index is 2.27. The van der Waals surface area contributed by atoms with E-state index in [0.29, 0.717) is 11.5 Å². The molecule has 2 aromatic carbocycles. The van der Waals surface area contributed by atoms with Crippen molar-refractivity contribution in [3.05, 3.63) is 83.9 Å². The number of aliphatic imine (C=N–C) groups is 1. The number of nitrogens with zero attached hydrogens (tertiary/aromatic N) is 1. The van der Waals surface area contributed by atoms with Gasteiger partial charge in [-0.05, 0) is 18.1 Å². The van der Waals surface area contributed by atoms with E-state index in [9.17, 15) is 4.79 Å². The van der Waals surface area contributed by atoms with Gasteiger partial charge in [0.05, 0.1) is 0 Å². The highest BCUT2D eigenvalue weighted by atomic mass is 16.6. The van der Waals surface area contributed by atoms with Crippen LogP contribution in [0, 0.1) is 0 Å². The summed E-state index contributed by atoms with van der Waals surface area (Å²) >= 11 is 0. The van der Waals surface area contributed by atoms with Gasteiger partial charge in [-0.1, -0.05) is 67.2 Å². The summed E-state index contributed by atoms with van der Waals surface area (Å²) in [5.74, 6) is -0.0920. The van der Waals surface area contributed by atoms with Crippen LogP contribution in [-0.4, -0.2) is 11.9 Å². The topological polar surface area (TPSA) is 38.7 Å². The number of rotatable bonds is 3. The summed E-state index contributed by atoms with van der Waals surface area (Å²) in [6.45, 7) is 5.59. The molecule has 0 fully saturated rings. The Morgan fingerprint density at radius 2 is 1.48 bits per heavy atom. The maximum atomic E-state index is 12.6. The van der Waals surface area contributed by atoms with E-state index in [1.54, 1.807) is 6.92 Å². The molecule has 0 bridgehead atoms. The summed E-state index contributed by atoms with van der Waals surface area (Å²) in [6, 6.07) is 18.9. The molecule has 0 N–H and O–H groups in total. The van der Waals surface area contributed by atoms with Gasteiger partial charge in [-0.3, -0.25) is 0 Å². The Labute approximate surface area is 123 Å². The van der Waals surface area contributed by atoms with E-state index in [1.165, 1.54) is 0 Å². The number of esters is 1. The minimum absolute atomic E-state index is 0.299. The Morgan fingerprint density at radius 1 is 1.00 bits per heavy atom. The van der Waals surface area contributed by atoms with Gasteiger partial charge in [-0.15, -0.1) is 0 Å². The zero-order valence-electron chi connectivity index (χ0n) is 11.7. The van der Waals surface area contributed by atoms with Crippen LogP contribution in [0.3, 0.4) is 0 Å². The zero-order chi connectivity index (χ0) is 14.9. The molecule has 0 spiro atoms. The maximum absolute atomic E-state index is 12.6. The van der Waals surface area contributed by atoms with Crippen molar-refractivity contribution < 1.29 is 9.53 Å². The van der Waals surface area contributed by atoms with Gasteiger partial charge in [0.15, 0.2) is 0 Å². The minimum atomic E-state index is -1.14. The fraction of sp³-hybridized carbons (Fsp3) is 0.111. The van der Waals surface area contributed by atoms with E-state index >= 15 is 0 Å². The standard InChI is InChI=1S/C18H15NO2/c1-13(2)16-19-18(17(20)21-16,14-9-5-3-6-10-14)15-11-7-4-8-12-15/h3-12H,1H2,2H3. The average molecular weight is 277 g/mol. The van der Waals surface area contributed by atoms with Crippen molar-refractivity contribution >= 4 is 11.9 Å². The number of cyclic esters (lactones) is 1. The molecular weight excluding hydrogens is 262 g/mol. The highest BCUT2D eigenvalue weighted by Crippen LogP contribution is 2.39. The Hall–Kier alpha value is -2.68. The summed E-state index contributed by atoms with van der Waals surface area (Å²) in [6.07, 6.45) is 0. The van der Waals surface area contributed by atoms with Crippen LogP contribution >= 0.6 is 0 Å². The lowest BCUT2D eigenvalue weighted by atomic mass is 9.84. The molecule has 0 aliphatic carbocycles. The molecule has 0 saturated heterocycles. The second-order valence-electron chi connectivity index (χ2n) is 5.03. The van der Waals surface area contributed by atoms with Crippen LogP contribution in [0.4, 0.5) is 0 Å². The molecule has 0 radical (unpaired) electrons. The number of ether oxygens (including phenoxy) is 1. The number of benzene rings is 2. The normalized spacial score (nSPS) is 16.2. The first-order chi connectivity index (χ1) is 10.1. The molecular formula is C18H15NO2. The molecule has 3 rings (SSSR count). The van der Waals surface area contributed by atoms with E-state index in [2.05, 4.69) is 11.6 Å². The van der Waals surface area contributed by atoms with Crippen molar-refractivity contribution in [1.82, 2.24) is 0 Å². The third kappa shape index (κ3) is 2.07. The first-order valence-corrected chi connectivity index (χ1v) is 6.73. The van der Waals surface area contributed by atoms with E-state index in [4.69, 9.17) is 4.74 Å². The molecule has 1 aliphatic heterocycles. The van der Waals surface area contributed by atoms with Crippen molar-refractivity contribution in [2.75, 3.05) is 0 Å². The lowest BCUT2D eigenvalue weighted by Gasteiger charge is -2.23. The Kier molecular flexibility index (Phi) is 3.18. The van der Waals surface area contributed by atoms with Crippen molar-refractivity contribution in [2.45, 2.75) is 12.5 Å².